The van der Waals surface area contributed by atoms with Crippen LogP contribution >= 0.6 is 11.6 Å². The first-order valence-electron chi connectivity index (χ1n) is 7.70. The molecule has 0 saturated carbocycles. The highest BCUT2D eigenvalue weighted by atomic mass is 35.5. The van der Waals surface area contributed by atoms with Crippen molar-refractivity contribution in [3.8, 4) is 5.75 Å². The van der Waals surface area contributed by atoms with Crippen molar-refractivity contribution < 1.29 is 4.74 Å². The molecule has 2 rings (SSSR count). The smallest absolute Gasteiger partial charge is 0.137 e. The molecule has 1 aromatic rings. The second kappa shape index (κ2) is 6.45. The standard InChI is InChI=1S/C17H27ClN2O/c1-6-12-10-19-16(17(2,3)4)11-20(12)13-7-8-15(21-5)14(18)9-13/h7-9,12,16,19H,6,10-11H2,1-5H3. The van der Waals surface area contributed by atoms with Crippen molar-refractivity contribution in [3.63, 3.8) is 0 Å². The van der Waals surface area contributed by atoms with Crippen molar-refractivity contribution in [2.24, 2.45) is 5.41 Å². The monoisotopic (exact) mass is 310 g/mol. The fourth-order valence-corrected chi connectivity index (χ4v) is 3.15. The van der Waals surface area contributed by atoms with E-state index in [1.807, 2.05) is 12.1 Å². The fourth-order valence-electron chi connectivity index (χ4n) is 2.89. The van der Waals surface area contributed by atoms with Gasteiger partial charge in [0, 0.05) is 30.9 Å². The van der Waals surface area contributed by atoms with E-state index < -0.39 is 0 Å². The van der Waals surface area contributed by atoms with E-state index in [2.05, 4.69) is 44.0 Å². The van der Waals surface area contributed by atoms with Crippen LogP contribution in [0, 0.1) is 5.41 Å². The van der Waals surface area contributed by atoms with Gasteiger partial charge in [-0.25, -0.2) is 0 Å². The number of anilines is 1. The van der Waals surface area contributed by atoms with Gasteiger partial charge in [-0.05, 0) is 30.0 Å². The highest BCUT2D eigenvalue weighted by molar-refractivity contribution is 6.32. The zero-order chi connectivity index (χ0) is 15.6. The van der Waals surface area contributed by atoms with Crippen LogP contribution in [0.4, 0.5) is 5.69 Å². The van der Waals surface area contributed by atoms with Crippen LogP contribution in [-0.4, -0.2) is 32.3 Å². The minimum absolute atomic E-state index is 0.243. The van der Waals surface area contributed by atoms with Gasteiger partial charge in [-0.15, -0.1) is 0 Å². The van der Waals surface area contributed by atoms with Gasteiger partial charge in [-0.2, -0.15) is 0 Å². The molecule has 3 nitrogen and oxygen atoms in total. The normalized spacial score (nSPS) is 23.2. The molecule has 0 spiro atoms. The highest BCUT2D eigenvalue weighted by Crippen LogP contribution is 2.33. The molecule has 1 saturated heterocycles. The number of rotatable bonds is 3. The van der Waals surface area contributed by atoms with E-state index in [0.717, 1.165) is 25.3 Å². The minimum Gasteiger partial charge on any atom is -0.495 e. The first kappa shape index (κ1) is 16.4. The van der Waals surface area contributed by atoms with Crippen molar-refractivity contribution >= 4 is 17.3 Å². The Morgan fingerprint density at radius 2 is 2.10 bits per heavy atom. The summed E-state index contributed by atoms with van der Waals surface area (Å²) >= 11 is 6.30. The van der Waals surface area contributed by atoms with Gasteiger partial charge in [0.1, 0.15) is 5.75 Å². The summed E-state index contributed by atoms with van der Waals surface area (Å²) in [6, 6.07) is 7.07. The maximum Gasteiger partial charge on any atom is 0.137 e. The molecule has 118 valence electrons. The Labute approximate surface area is 133 Å². The van der Waals surface area contributed by atoms with Gasteiger partial charge in [0.25, 0.3) is 0 Å². The maximum absolute atomic E-state index is 6.30. The molecule has 1 heterocycles. The molecular formula is C17H27ClN2O. The van der Waals surface area contributed by atoms with E-state index in [1.54, 1.807) is 7.11 Å². The van der Waals surface area contributed by atoms with Crippen LogP contribution < -0.4 is 15.0 Å². The molecule has 1 fully saturated rings. The number of benzene rings is 1. The molecule has 1 aromatic carbocycles. The molecule has 4 heteroatoms. The molecule has 2 atom stereocenters. The van der Waals surface area contributed by atoms with Gasteiger partial charge < -0.3 is 15.0 Å². The third kappa shape index (κ3) is 3.64. The second-order valence-electron chi connectivity index (χ2n) is 6.86. The Balaban J connectivity index is 2.27. The highest BCUT2D eigenvalue weighted by Gasteiger charge is 2.33. The van der Waals surface area contributed by atoms with Gasteiger partial charge in [-0.3, -0.25) is 0 Å². The number of hydrogen-bond donors (Lipinski definition) is 1. The number of halogens is 1. The number of ether oxygens (including phenoxy) is 1. The SMILES string of the molecule is CCC1CNC(C(C)(C)C)CN1c1ccc(OC)c(Cl)c1. The van der Waals surface area contributed by atoms with Crippen molar-refractivity contribution in [1.82, 2.24) is 5.32 Å². The summed E-state index contributed by atoms with van der Waals surface area (Å²) in [7, 11) is 1.65. The lowest BCUT2D eigenvalue weighted by Crippen LogP contribution is -2.60. The molecule has 2 unspecified atom stereocenters. The van der Waals surface area contributed by atoms with Crippen LogP contribution in [0.1, 0.15) is 34.1 Å². The topological polar surface area (TPSA) is 24.5 Å². The van der Waals surface area contributed by atoms with Crippen LogP contribution in [0.3, 0.4) is 0 Å². The fraction of sp³-hybridized carbons (Fsp3) is 0.647. The summed E-state index contributed by atoms with van der Waals surface area (Å²) in [5.41, 5.74) is 1.43. The lowest BCUT2D eigenvalue weighted by molar-refractivity contribution is 0.233. The predicted molar refractivity (Wildman–Crippen MR) is 90.7 cm³/mol. The summed E-state index contributed by atoms with van der Waals surface area (Å²) in [5.74, 6) is 0.732. The zero-order valence-electron chi connectivity index (χ0n) is 13.7. The summed E-state index contributed by atoms with van der Waals surface area (Å²) in [5, 5.41) is 4.37. The van der Waals surface area contributed by atoms with Crippen LogP contribution in [0.5, 0.6) is 5.75 Å². The van der Waals surface area contributed by atoms with Crippen molar-refractivity contribution in [1.29, 1.82) is 0 Å². The average Bonchev–Trinajstić information content (AvgIpc) is 2.45. The van der Waals surface area contributed by atoms with Gasteiger partial charge in [0.2, 0.25) is 0 Å². The largest absolute Gasteiger partial charge is 0.495 e. The van der Waals surface area contributed by atoms with Crippen molar-refractivity contribution in [2.45, 2.75) is 46.2 Å². The van der Waals surface area contributed by atoms with Gasteiger partial charge >= 0.3 is 0 Å². The second-order valence-corrected chi connectivity index (χ2v) is 7.27. The van der Waals surface area contributed by atoms with Crippen LogP contribution in [0.2, 0.25) is 5.02 Å². The molecule has 0 aliphatic carbocycles. The molecule has 0 radical (unpaired) electrons. The molecular weight excluding hydrogens is 284 g/mol. The van der Waals surface area contributed by atoms with E-state index in [4.69, 9.17) is 16.3 Å². The number of methoxy groups -OCH3 is 1. The van der Waals surface area contributed by atoms with Crippen LogP contribution in [-0.2, 0) is 0 Å². The number of nitrogens with zero attached hydrogens (tertiary/aromatic N) is 1. The summed E-state index contributed by atoms with van der Waals surface area (Å²) in [6.07, 6.45) is 1.12. The molecule has 1 aliphatic rings. The van der Waals surface area contributed by atoms with E-state index >= 15 is 0 Å². The molecule has 21 heavy (non-hydrogen) atoms. The Morgan fingerprint density at radius 1 is 1.38 bits per heavy atom. The number of nitrogens with one attached hydrogen (secondary N) is 1. The van der Waals surface area contributed by atoms with Crippen molar-refractivity contribution in [3.05, 3.63) is 23.2 Å². The van der Waals surface area contributed by atoms with Crippen molar-refractivity contribution in [2.75, 3.05) is 25.1 Å². The molecule has 1 N–H and O–H groups in total. The summed E-state index contributed by atoms with van der Waals surface area (Å²) < 4.78 is 5.25. The molecule has 0 bridgehead atoms. The van der Waals surface area contributed by atoms with Gasteiger partial charge in [0.05, 0.1) is 12.1 Å². The third-order valence-electron chi connectivity index (χ3n) is 4.40. The predicted octanol–water partition coefficient (Wildman–Crippen LogP) is 3.95. The lowest BCUT2D eigenvalue weighted by atomic mass is 9.84. The third-order valence-corrected chi connectivity index (χ3v) is 4.70. The van der Waals surface area contributed by atoms with Gasteiger partial charge in [0.15, 0.2) is 0 Å². The first-order valence-corrected chi connectivity index (χ1v) is 8.08. The van der Waals surface area contributed by atoms with E-state index in [0.29, 0.717) is 17.1 Å². The Hall–Kier alpha value is -0.930. The van der Waals surface area contributed by atoms with E-state index in [1.165, 1.54) is 5.69 Å². The minimum atomic E-state index is 0.243. The Bertz CT molecular complexity index is 484. The van der Waals surface area contributed by atoms with E-state index in [9.17, 15) is 0 Å². The Morgan fingerprint density at radius 3 is 2.62 bits per heavy atom. The zero-order valence-corrected chi connectivity index (χ0v) is 14.5. The van der Waals surface area contributed by atoms with Crippen LogP contribution in [0.25, 0.3) is 0 Å². The summed E-state index contributed by atoms with van der Waals surface area (Å²) in [6.45, 7) is 11.1. The lowest BCUT2D eigenvalue weighted by Gasteiger charge is -2.46. The number of hydrogen-bond acceptors (Lipinski definition) is 3. The molecule has 0 aromatic heterocycles. The first-order chi connectivity index (χ1) is 9.86. The quantitative estimate of drug-likeness (QED) is 0.915. The Kier molecular flexibility index (Phi) is 5.05. The van der Waals surface area contributed by atoms with Gasteiger partial charge in [-0.1, -0.05) is 39.3 Å². The average molecular weight is 311 g/mol. The maximum atomic E-state index is 6.30. The molecule has 1 aliphatic heterocycles. The van der Waals surface area contributed by atoms with E-state index in [-0.39, 0.29) is 5.41 Å². The molecule has 0 amide bonds. The number of piperazine rings is 1. The van der Waals surface area contributed by atoms with Crippen LogP contribution in [0.15, 0.2) is 18.2 Å². The summed E-state index contributed by atoms with van der Waals surface area (Å²) in [4.78, 5) is 2.48.